The minimum absolute atomic E-state index is 0.229. The predicted molar refractivity (Wildman–Crippen MR) is 77.6 cm³/mol. The van der Waals surface area contributed by atoms with E-state index in [1.807, 2.05) is 0 Å². The van der Waals surface area contributed by atoms with Crippen molar-refractivity contribution in [3.8, 4) is 0 Å². The lowest BCUT2D eigenvalue weighted by Crippen LogP contribution is -2.32. The fourth-order valence-electron chi connectivity index (χ4n) is 2.83. The van der Waals surface area contributed by atoms with Crippen LogP contribution in [0.4, 0.5) is 0 Å². The van der Waals surface area contributed by atoms with E-state index in [-0.39, 0.29) is 11.6 Å². The minimum atomic E-state index is -1.05. The number of hydrogen-bond acceptors (Lipinski definition) is 3. The molecule has 0 spiro atoms. The van der Waals surface area contributed by atoms with Gasteiger partial charge >= 0.3 is 5.97 Å². The van der Waals surface area contributed by atoms with Crippen LogP contribution < -0.4 is 5.32 Å². The maximum Gasteiger partial charge on any atom is 0.328 e. The third kappa shape index (κ3) is 3.12. The highest BCUT2D eigenvalue weighted by atomic mass is 16.4. The van der Waals surface area contributed by atoms with Gasteiger partial charge in [-0.3, -0.25) is 9.78 Å². The highest BCUT2D eigenvalue weighted by Crippen LogP contribution is 2.60. The Morgan fingerprint density at radius 1 is 1.43 bits per heavy atom. The van der Waals surface area contributed by atoms with E-state index in [0.29, 0.717) is 17.5 Å². The number of carbonyl (C=O) groups excluding carboxylic acids is 1. The third-order valence-electron chi connectivity index (χ3n) is 4.40. The number of nitrogens with zero attached hydrogens (tertiary/aromatic N) is 1. The molecule has 1 amide bonds. The molecule has 2 N–H and O–H groups in total. The lowest BCUT2D eigenvalue weighted by atomic mass is 10.0. The summed E-state index contributed by atoms with van der Waals surface area (Å²) in [5.74, 6) is -0.489. The van der Waals surface area contributed by atoms with Gasteiger partial charge in [0.2, 0.25) is 0 Å². The molecule has 1 aromatic rings. The van der Waals surface area contributed by atoms with Crippen molar-refractivity contribution in [1.82, 2.24) is 10.3 Å². The molecule has 3 rings (SSSR count). The second-order valence-corrected chi connectivity index (χ2v) is 5.93. The number of amides is 1. The van der Waals surface area contributed by atoms with Crippen LogP contribution in [0.25, 0.3) is 6.08 Å². The number of carboxylic acids is 1. The Bertz CT molecular complexity index is 601. The molecule has 110 valence electrons. The van der Waals surface area contributed by atoms with Gasteiger partial charge < -0.3 is 10.4 Å². The monoisotopic (exact) mass is 286 g/mol. The Morgan fingerprint density at radius 3 is 2.81 bits per heavy atom. The molecule has 5 nitrogen and oxygen atoms in total. The molecule has 2 aliphatic carbocycles. The second kappa shape index (κ2) is 5.31. The van der Waals surface area contributed by atoms with E-state index >= 15 is 0 Å². The summed E-state index contributed by atoms with van der Waals surface area (Å²) in [5.41, 5.74) is 1.14. The number of pyridine rings is 1. The van der Waals surface area contributed by atoms with Gasteiger partial charge in [0.1, 0.15) is 5.69 Å². The Kier molecular flexibility index (Phi) is 3.49. The first-order valence-electron chi connectivity index (χ1n) is 7.25. The summed E-state index contributed by atoms with van der Waals surface area (Å²) < 4.78 is 0. The molecule has 2 fully saturated rings. The van der Waals surface area contributed by atoms with Gasteiger partial charge in [0.15, 0.2) is 0 Å². The van der Waals surface area contributed by atoms with E-state index in [1.54, 1.807) is 18.3 Å². The summed E-state index contributed by atoms with van der Waals surface area (Å²) in [6, 6.07) is 3.38. The van der Waals surface area contributed by atoms with Gasteiger partial charge in [0.05, 0.1) is 0 Å². The fraction of sp³-hybridized carbons (Fsp3) is 0.438. The summed E-state index contributed by atoms with van der Waals surface area (Å²) in [5, 5.41) is 11.7. The lowest BCUT2D eigenvalue weighted by Gasteiger charge is -2.15. The SMILES string of the molecule is O=C(O)/C=C/c1cccnc1C(=O)NCC1(C2CC2)CC1. The Morgan fingerprint density at radius 2 is 2.19 bits per heavy atom. The summed E-state index contributed by atoms with van der Waals surface area (Å²) >= 11 is 0. The van der Waals surface area contributed by atoms with Gasteiger partial charge in [-0.05, 0) is 49.2 Å². The zero-order valence-electron chi connectivity index (χ0n) is 11.7. The van der Waals surface area contributed by atoms with Crippen molar-refractivity contribution in [2.75, 3.05) is 6.54 Å². The van der Waals surface area contributed by atoms with E-state index < -0.39 is 5.97 Å². The molecule has 1 heterocycles. The van der Waals surface area contributed by atoms with Crippen LogP contribution in [0.15, 0.2) is 24.4 Å². The molecule has 21 heavy (non-hydrogen) atoms. The smallest absolute Gasteiger partial charge is 0.328 e. The number of aliphatic carboxylic acids is 1. The Labute approximate surface area is 123 Å². The van der Waals surface area contributed by atoms with Gasteiger partial charge in [0, 0.05) is 24.4 Å². The molecule has 0 radical (unpaired) electrons. The molecular formula is C16H18N2O3. The van der Waals surface area contributed by atoms with Crippen LogP contribution in [0.1, 0.15) is 41.7 Å². The molecule has 0 unspecified atom stereocenters. The molecule has 0 aromatic carbocycles. The molecular weight excluding hydrogens is 268 g/mol. The molecule has 1 aromatic heterocycles. The van der Waals surface area contributed by atoms with E-state index in [4.69, 9.17) is 5.11 Å². The van der Waals surface area contributed by atoms with Crippen LogP contribution in [0, 0.1) is 11.3 Å². The zero-order chi connectivity index (χ0) is 14.9. The zero-order valence-corrected chi connectivity index (χ0v) is 11.7. The molecule has 0 aliphatic heterocycles. The summed E-state index contributed by atoms with van der Waals surface area (Å²) in [4.78, 5) is 26.9. The standard InChI is InChI=1S/C16H18N2O3/c19-13(20)6-3-11-2-1-9-17-14(11)15(21)18-10-16(7-8-16)12-4-5-12/h1-3,6,9,12H,4-5,7-8,10H2,(H,18,21)(H,19,20)/b6-3+. The summed E-state index contributed by atoms with van der Waals surface area (Å²) in [6.45, 7) is 0.704. The number of nitrogens with one attached hydrogen (secondary N) is 1. The minimum Gasteiger partial charge on any atom is -0.478 e. The van der Waals surface area contributed by atoms with E-state index in [0.717, 1.165) is 12.0 Å². The van der Waals surface area contributed by atoms with Gasteiger partial charge in [0.25, 0.3) is 5.91 Å². The topological polar surface area (TPSA) is 79.3 Å². The maximum atomic E-state index is 12.3. The normalized spacial score (nSPS) is 19.4. The van der Waals surface area contributed by atoms with E-state index in [9.17, 15) is 9.59 Å². The highest BCUT2D eigenvalue weighted by molar-refractivity contribution is 5.97. The van der Waals surface area contributed by atoms with E-state index in [1.165, 1.54) is 31.8 Å². The predicted octanol–water partition coefficient (Wildman–Crippen LogP) is 2.10. The van der Waals surface area contributed by atoms with Crippen LogP contribution in [0.3, 0.4) is 0 Å². The van der Waals surface area contributed by atoms with Gasteiger partial charge in [-0.15, -0.1) is 0 Å². The first-order valence-corrected chi connectivity index (χ1v) is 7.25. The van der Waals surface area contributed by atoms with Crippen molar-refractivity contribution < 1.29 is 14.7 Å². The van der Waals surface area contributed by atoms with Crippen molar-refractivity contribution in [3.63, 3.8) is 0 Å². The molecule has 5 heteroatoms. The van der Waals surface area contributed by atoms with Crippen molar-refractivity contribution in [1.29, 1.82) is 0 Å². The third-order valence-corrected chi connectivity index (χ3v) is 4.40. The Hall–Kier alpha value is -2.17. The van der Waals surface area contributed by atoms with Crippen molar-refractivity contribution in [2.24, 2.45) is 11.3 Å². The van der Waals surface area contributed by atoms with Gasteiger partial charge in [-0.2, -0.15) is 0 Å². The van der Waals surface area contributed by atoms with Gasteiger partial charge in [-0.25, -0.2) is 4.79 Å². The Balaban J connectivity index is 1.68. The molecule has 0 atom stereocenters. The first-order chi connectivity index (χ1) is 10.1. The summed E-state index contributed by atoms with van der Waals surface area (Å²) in [6.07, 6.45) is 8.93. The van der Waals surface area contributed by atoms with Crippen LogP contribution >= 0.6 is 0 Å². The molecule has 2 saturated carbocycles. The average Bonchev–Trinajstić information content (AvgIpc) is 3.35. The largest absolute Gasteiger partial charge is 0.478 e. The van der Waals surface area contributed by atoms with Crippen LogP contribution in [0.5, 0.6) is 0 Å². The number of hydrogen-bond donors (Lipinski definition) is 2. The second-order valence-electron chi connectivity index (χ2n) is 5.93. The maximum absolute atomic E-state index is 12.3. The average molecular weight is 286 g/mol. The van der Waals surface area contributed by atoms with E-state index in [2.05, 4.69) is 10.3 Å². The molecule has 0 saturated heterocycles. The van der Waals surface area contributed by atoms with Crippen molar-refractivity contribution >= 4 is 18.0 Å². The van der Waals surface area contributed by atoms with Crippen LogP contribution in [-0.2, 0) is 4.79 Å². The van der Waals surface area contributed by atoms with Crippen molar-refractivity contribution in [3.05, 3.63) is 35.7 Å². The fourth-order valence-corrected chi connectivity index (χ4v) is 2.83. The first kappa shape index (κ1) is 13.8. The van der Waals surface area contributed by atoms with Crippen molar-refractivity contribution in [2.45, 2.75) is 25.7 Å². The molecule has 2 aliphatic rings. The quantitative estimate of drug-likeness (QED) is 0.785. The number of aromatic nitrogens is 1. The number of carboxylic acid groups (broad SMARTS) is 1. The van der Waals surface area contributed by atoms with Crippen LogP contribution in [0.2, 0.25) is 0 Å². The van der Waals surface area contributed by atoms with Crippen LogP contribution in [-0.4, -0.2) is 28.5 Å². The highest BCUT2D eigenvalue weighted by Gasteiger charge is 2.53. The van der Waals surface area contributed by atoms with Gasteiger partial charge in [-0.1, -0.05) is 6.07 Å². The number of rotatable bonds is 6. The summed E-state index contributed by atoms with van der Waals surface area (Å²) in [7, 11) is 0. The number of carbonyl (C=O) groups is 2. The molecule has 0 bridgehead atoms. The lowest BCUT2D eigenvalue weighted by molar-refractivity contribution is -0.131.